The molecule has 2 aromatic carbocycles. The minimum absolute atomic E-state index is 0.0220. The summed E-state index contributed by atoms with van der Waals surface area (Å²) in [6, 6.07) is 19.1. The second-order valence-corrected chi connectivity index (χ2v) is 10.5. The Morgan fingerprint density at radius 1 is 1.00 bits per heavy atom. The number of aliphatic hydroxyl groups excluding tert-OH is 1. The molecule has 0 bridgehead atoms. The Hall–Kier alpha value is -3.45. The smallest absolute Gasteiger partial charge is 0.407 e. The molecule has 1 unspecified atom stereocenters. The molecule has 0 saturated heterocycles. The van der Waals surface area contributed by atoms with Crippen molar-refractivity contribution in [1.29, 1.82) is 0 Å². The van der Waals surface area contributed by atoms with Crippen LogP contribution in [0.1, 0.15) is 80.3 Å². The molecule has 198 valence electrons. The lowest BCUT2D eigenvalue weighted by Crippen LogP contribution is -2.47. The highest BCUT2D eigenvalue weighted by atomic mass is 16.6. The molecule has 3 N–H and O–H groups in total. The number of rotatable bonds is 12. The van der Waals surface area contributed by atoms with Crippen molar-refractivity contribution < 1.29 is 19.4 Å². The van der Waals surface area contributed by atoms with Gasteiger partial charge in [-0.15, -0.1) is 0 Å². The molecule has 0 aliphatic carbocycles. The molecule has 0 spiro atoms. The summed E-state index contributed by atoms with van der Waals surface area (Å²) in [4.78, 5) is 32.8. The Labute approximate surface area is 219 Å². The summed E-state index contributed by atoms with van der Waals surface area (Å²) in [5.41, 5.74) is 1.92. The van der Waals surface area contributed by atoms with Crippen LogP contribution in [-0.4, -0.2) is 44.7 Å². The summed E-state index contributed by atoms with van der Waals surface area (Å²) in [5, 5.41) is 14.3. The first-order chi connectivity index (χ1) is 17.6. The van der Waals surface area contributed by atoms with E-state index in [1.54, 1.807) is 27.0 Å². The van der Waals surface area contributed by atoms with Crippen molar-refractivity contribution in [3.63, 3.8) is 0 Å². The van der Waals surface area contributed by atoms with Gasteiger partial charge in [0.15, 0.2) is 5.78 Å². The number of ether oxygens (including phenoxy) is 1. The number of carbonyl (C=O) groups excluding carboxylic acids is 2. The number of benzene rings is 2. The van der Waals surface area contributed by atoms with Crippen LogP contribution in [0.4, 0.5) is 4.79 Å². The minimum atomic E-state index is -0.888. The number of aliphatic hydroxyl groups is 1. The van der Waals surface area contributed by atoms with Crippen molar-refractivity contribution in [3.05, 3.63) is 89.5 Å². The number of hydrogen-bond donors (Lipinski definition) is 3. The standard InChI is InChI=1S/C30H39N3O4/c1-5-12-26(34)25-20-31-28(32-25)23(17-21-13-8-6-9-14-21)19-27(35)24(18-22-15-10-7-11-16-22)33-29(36)37-30(2,3)4/h6-11,13-16,20,23-24,27,35H,5,12,17-19H2,1-4H3,(H,31,32)(H,33,36)/t23-,24?,27+/m1/s1. The Kier molecular flexibility index (Phi) is 10.0. The van der Waals surface area contributed by atoms with E-state index in [-0.39, 0.29) is 11.7 Å². The van der Waals surface area contributed by atoms with Crippen LogP contribution in [0, 0.1) is 0 Å². The quantitative estimate of drug-likeness (QED) is 0.278. The Bertz CT molecular complexity index is 1120. The molecule has 1 amide bonds. The first-order valence-electron chi connectivity index (χ1n) is 13.0. The van der Waals surface area contributed by atoms with Crippen molar-refractivity contribution in [3.8, 4) is 0 Å². The zero-order valence-corrected chi connectivity index (χ0v) is 22.2. The normalized spacial score (nSPS) is 14.0. The number of hydrogen-bond acceptors (Lipinski definition) is 5. The molecule has 3 rings (SSSR count). The minimum Gasteiger partial charge on any atom is -0.444 e. The SMILES string of the molecule is CCCC(=O)c1cnc([C@H](Cc2ccccc2)C[C@H](O)C(Cc2ccccc2)NC(=O)OC(C)(C)C)[nH]1. The van der Waals surface area contributed by atoms with Gasteiger partial charge in [-0.1, -0.05) is 67.6 Å². The lowest BCUT2D eigenvalue weighted by atomic mass is 9.89. The van der Waals surface area contributed by atoms with Crippen molar-refractivity contribution in [2.75, 3.05) is 0 Å². The fourth-order valence-corrected chi connectivity index (χ4v) is 4.30. The van der Waals surface area contributed by atoms with Gasteiger partial charge < -0.3 is 20.1 Å². The van der Waals surface area contributed by atoms with Gasteiger partial charge in [-0.25, -0.2) is 9.78 Å². The van der Waals surface area contributed by atoms with Gasteiger partial charge in [0.2, 0.25) is 0 Å². The molecule has 1 aromatic heterocycles. The summed E-state index contributed by atoms with van der Waals surface area (Å²) < 4.78 is 5.48. The van der Waals surface area contributed by atoms with Gasteiger partial charge in [-0.05, 0) is 57.6 Å². The average molecular weight is 506 g/mol. The first-order valence-corrected chi connectivity index (χ1v) is 13.0. The predicted octanol–water partition coefficient (Wildman–Crippen LogP) is 5.61. The molecule has 0 fully saturated rings. The summed E-state index contributed by atoms with van der Waals surface area (Å²) in [6.07, 6.45) is 2.73. The number of amides is 1. The summed E-state index contributed by atoms with van der Waals surface area (Å²) >= 11 is 0. The third-order valence-electron chi connectivity index (χ3n) is 6.08. The van der Waals surface area contributed by atoms with E-state index in [1.807, 2.05) is 67.6 Å². The molecule has 37 heavy (non-hydrogen) atoms. The first kappa shape index (κ1) is 28.1. The molecular weight excluding hydrogens is 466 g/mol. The highest BCUT2D eigenvalue weighted by Gasteiger charge is 2.29. The van der Waals surface area contributed by atoms with Gasteiger partial charge in [-0.3, -0.25) is 4.79 Å². The number of aromatic amines is 1. The van der Waals surface area contributed by atoms with E-state index in [1.165, 1.54) is 0 Å². The van der Waals surface area contributed by atoms with Crippen molar-refractivity contribution in [2.24, 2.45) is 0 Å². The van der Waals surface area contributed by atoms with Crippen LogP contribution < -0.4 is 5.32 Å². The Morgan fingerprint density at radius 2 is 1.59 bits per heavy atom. The molecule has 0 aliphatic rings. The highest BCUT2D eigenvalue weighted by molar-refractivity contribution is 5.94. The zero-order chi connectivity index (χ0) is 26.8. The summed E-state index contributed by atoms with van der Waals surface area (Å²) in [7, 11) is 0. The average Bonchev–Trinajstić information content (AvgIpc) is 3.34. The molecule has 0 saturated carbocycles. The molecule has 0 radical (unpaired) electrons. The third-order valence-corrected chi connectivity index (χ3v) is 6.08. The maximum atomic E-state index is 12.6. The number of ketones is 1. The second-order valence-electron chi connectivity index (χ2n) is 10.5. The zero-order valence-electron chi connectivity index (χ0n) is 22.2. The topological polar surface area (TPSA) is 104 Å². The molecule has 0 aliphatic heterocycles. The fourth-order valence-electron chi connectivity index (χ4n) is 4.30. The Balaban J connectivity index is 1.84. The molecule has 7 nitrogen and oxygen atoms in total. The van der Waals surface area contributed by atoms with Crippen molar-refractivity contribution >= 4 is 11.9 Å². The number of Topliss-reactive ketones (excluding diaryl/α,β-unsaturated/α-hetero) is 1. The number of H-pyrrole nitrogens is 1. The largest absolute Gasteiger partial charge is 0.444 e. The van der Waals surface area contributed by atoms with E-state index in [2.05, 4.69) is 15.3 Å². The summed E-state index contributed by atoms with van der Waals surface area (Å²) in [6.45, 7) is 7.38. The number of carbonyl (C=O) groups is 2. The van der Waals surface area contributed by atoms with Crippen molar-refractivity contribution in [2.45, 2.75) is 83.5 Å². The second kappa shape index (κ2) is 13.2. The van der Waals surface area contributed by atoms with Gasteiger partial charge in [0.05, 0.1) is 18.3 Å². The molecule has 7 heteroatoms. The number of nitrogens with one attached hydrogen (secondary N) is 2. The van der Waals surface area contributed by atoms with Crippen LogP contribution >= 0.6 is 0 Å². The number of nitrogens with zero attached hydrogens (tertiary/aromatic N) is 1. The van der Waals surface area contributed by atoms with Gasteiger partial charge in [0, 0.05) is 12.3 Å². The van der Waals surface area contributed by atoms with E-state index in [4.69, 9.17) is 4.74 Å². The van der Waals surface area contributed by atoms with Gasteiger partial charge >= 0.3 is 6.09 Å². The van der Waals surface area contributed by atoms with Crippen LogP contribution in [0.5, 0.6) is 0 Å². The number of alkyl carbamates (subject to hydrolysis) is 1. The maximum Gasteiger partial charge on any atom is 0.407 e. The lowest BCUT2D eigenvalue weighted by molar-refractivity contribution is 0.0404. The molecule has 3 aromatic rings. The van der Waals surface area contributed by atoms with Gasteiger partial charge in [0.25, 0.3) is 0 Å². The van der Waals surface area contributed by atoms with Gasteiger partial charge in [0.1, 0.15) is 17.1 Å². The maximum absolute atomic E-state index is 12.6. The van der Waals surface area contributed by atoms with E-state index in [9.17, 15) is 14.7 Å². The lowest BCUT2D eigenvalue weighted by Gasteiger charge is -2.29. The highest BCUT2D eigenvalue weighted by Crippen LogP contribution is 2.26. The fraction of sp³-hybridized carbons (Fsp3) is 0.433. The van der Waals surface area contributed by atoms with Crippen LogP contribution in [0.25, 0.3) is 0 Å². The van der Waals surface area contributed by atoms with E-state index in [0.717, 1.165) is 17.5 Å². The van der Waals surface area contributed by atoms with Crippen molar-refractivity contribution in [1.82, 2.24) is 15.3 Å². The Morgan fingerprint density at radius 3 is 2.16 bits per heavy atom. The molecule has 1 heterocycles. The predicted molar refractivity (Wildman–Crippen MR) is 145 cm³/mol. The monoisotopic (exact) mass is 505 g/mol. The van der Waals surface area contributed by atoms with E-state index in [0.29, 0.717) is 37.2 Å². The number of aromatic nitrogens is 2. The third kappa shape index (κ3) is 9.17. The number of imidazole rings is 1. The van der Waals surface area contributed by atoms with E-state index >= 15 is 0 Å². The van der Waals surface area contributed by atoms with Crippen LogP contribution in [-0.2, 0) is 17.6 Å². The van der Waals surface area contributed by atoms with Crippen LogP contribution in [0.3, 0.4) is 0 Å². The van der Waals surface area contributed by atoms with Gasteiger partial charge in [-0.2, -0.15) is 0 Å². The van der Waals surface area contributed by atoms with Crippen LogP contribution in [0.2, 0.25) is 0 Å². The van der Waals surface area contributed by atoms with E-state index < -0.39 is 23.8 Å². The summed E-state index contributed by atoms with van der Waals surface area (Å²) in [5.74, 6) is 0.478. The molecule has 3 atom stereocenters. The molecular formula is C30H39N3O4. The van der Waals surface area contributed by atoms with Crippen LogP contribution in [0.15, 0.2) is 66.9 Å².